The van der Waals surface area contributed by atoms with Crippen molar-refractivity contribution in [2.24, 2.45) is 5.92 Å². The third-order valence-electron chi connectivity index (χ3n) is 5.06. The van der Waals surface area contributed by atoms with E-state index in [1.807, 2.05) is 6.07 Å². The molecule has 1 aliphatic carbocycles. The lowest BCUT2D eigenvalue weighted by molar-refractivity contribution is 0.0702. The van der Waals surface area contributed by atoms with Crippen molar-refractivity contribution in [1.82, 2.24) is 0 Å². The average Bonchev–Trinajstić information content (AvgIpc) is 3.32. The molecule has 1 fully saturated rings. The molecule has 3 rings (SSSR count). The van der Waals surface area contributed by atoms with Crippen LogP contribution in [0.25, 0.3) is 0 Å². The summed E-state index contributed by atoms with van der Waals surface area (Å²) in [6.07, 6.45) is 10.3. The summed E-state index contributed by atoms with van der Waals surface area (Å²) < 4.78 is 0. The fraction of sp³-hybridized carbons (Fsp3) is 0.522. The number of carbonyl (C=O) groups is 1. The van der Waals surface area contributed by atoms with E-state index in [9.17, 15) is 4.79 Å². The number of aliphatic hydroxyl groups excluding tert-OH is 1. The second kappa shape index (κ2) is 11.3. The van der Waals surface area contributed by atoms with Gasteiger partial charge in [-0.25, -0.2) is 4.79 Å². The van der Waals surface area contributed by atoms with Crippen molar-refractivity contribution in [3.8, 4) is 0 Å². The molecule has 0 unspecified atom stereocenters. The Balaban J connectivity index is 0.000000208. The molecule has 1 aliphatic rings. The van der Waals surface area contributed by atoms with Gasteiger partial charge in [0, 0.05) is 4.88 Å². The molecule has 0 atom stereocenters. The summed E-state index contributed by atoms with van der Waals surface area (Å²) in [5, 5.41) is 17.7. The van der Waals surface area contributed by atoms with E-state index in [0.29, 0.717) is 4.88 Å². The highest BCUT2D eigenvalue weighted by Crippen LogP contribution is 2.29. The van der Waals surface area contributed by atoms with E-state index in [-0.39, 0.29) is 6.61 Å². The molecule has 4 heteroatoms. The Labute approximate surface area is 167 Å². The van der Waals surface area contributed by atoms with Crippen molar-refractivity contribution >= 4 is 17.3 Å². The van der Waals surface area contributed by atoms with Crippen LogP contribution >= 0.6 is 11.3 Å². The van der Waals surface area contributed by atoms with Gasteiger partial charge in [-0.05, 0) is 55.4 Å². The second-order valence-corrected chi connectivity index (χ2v) is 8.66. The van der Waals surface area contributed by atoms with Crippen molar-refractivity contribution in [2.75, 3.05) is 0 Å². The summed E-state index contributed by atoms with van der Waals surface area (Å²) >= 11 is 1.37. The molecule has 0 saturated heterocycles. The van der Waals surface area contributed by atoms with Crippen LogP contribution in [-0.2, 0) is 19.4 Å². The van der Waals surface area contributed by atoms with Gasteiger partial charge in [0.1, 0.15) is 4.88 Å². The lowest BCUT2D eigenvalue weighted by Crippen LogP contribution is -1.97. The predicted molar refractivity (Wildman–Crippen MR) is 113 cm³/mol. The maximum Gasteiger partial charge on any atom is 0.345 e. The van der Waals surface area contributed by atoms with Gasteiger partial charge in [0.15, 0.2) is 0 Å². The Morgan fingerprint density at radius 2 is 1.81 bits per heavy atom. The number of aryl methyl sites for hydroxylation is 3. The maximum atomic E-state index is 10.4. The van der Waals surface area contributed by atoms with Gasteiger partial charge in [0.05, 0.1) is 6.61 Å². The Morgan fingerprint density at radius 3 is 2.41 bits per heavy atom. The summed E-state index contributed by atoms with van der Waals surface area (Å²) in [5.74, 6) is 0.135. The van der Waals surface area contributed by atoms with Crippen molar-refractivity contribution in [2.45, 2.75) is 71.8 Å². The first-order valence-electron chi connectivity index (χ1n) is 10.0. The molecule has 1 heterocycles. The van der Waals surface area contributed by atoms with Crippen molar-refractivity contribution in [1.29, 1.82) is 0 Å². The van der Waals surface area contributed by atoms with Crippen LogP contribution in [0.3, 0.4) is 0 Å². The molecule has 0 aliphatic heterocycles. The highest BCUT2D eigenvalue weighted by Gasteiger charge is 2.14. The molecule has 148 valence electrons. The molecule has 0 bridgehead atoms. The monoisotopic (exact) mass is 388 g/mol. The fourth-order valence-electron chi connectivity index (χ4n) is 3.73. The molecule has 0 amide bonds. The van der Waals surface area contributed by atoms with E-state index in [2.05, 4.69) is 32.0 Å². The number of carboxylic acids is 1. The van der Waals surface area contributed by atoms with E-state index in [4.69, 9.17) is 10.2 Å². The number of benzene rings is 1. The van der Waals surface area contributed by atoms with Crippen LogP contribution in [0, 0.1) is 12.8 Å². The third kappa shape index (κ3) is 7.47. The first kappa shape index (κ1) is 21.6. The average molecular weight is 389 g/mol. The third-order valence-corrected chi connectivity index (χ3v) is 6.20. The summed E-state index contributed by atoms with van der Waals surface area (Å²) in [5.41, 5.74) is 3.73. The quantitative estimate of drug-likeness (QED) is 0.611. The molecule has 0 spiro atoms. The van der Waals surface area contributed by atoms with Crippen molar-refractivity contribution in [3.05, 3.63) is 56.8 Å². The summed E-state index contributed by atoms with van der Waals surface area (Å²) in [6.45, 7) is 4.36. The van der Waals surface area contributed by atoms with Gasteiger partial charge in [0.25, 0.3) is 0 Å². The Kier molecular flexibility index (Phi) is 9.02. The zero-order valence-corrected chi connectivity index (χ0v) is 17.4. The molecule has 1 aromatic carbocycles. The van der Waals surface area contributed by atoms with Crippen molar-refractivity contribution < 1.29 is 15.0 Å². The normalized spacial score (nSPS) is 14.0. The van der Waals surface area contributed by atoms with Gasteiger partial charge >= 0.3 is 5.97 Å². The van der Waals surface area contributed by atoms with E-state index in [0.717, 1.165) is 29.2 Å². The van der Waals surface area contributed by atoms with E-state index in [1.165, 1.54) is 61.0 Å². The summed E-state index contributed by atoms with van der Waals surface area (Å²) in [6, 6.07) is 10.0. The minimum absolute atomic E-state index is 0.165. The van der Waals surface area contributed by atoms with Gasteiger partial charge in [0.2, 0.25) is 0 Å². The SMILES string of the molecule is CCCc1ccc(C(=O)O)s1.Cc1cc(CO)cc(CCC2CCCC2)c1. The zero-order valence-electron chi connectivity index (χ0n) is 16.5. The number of carboxylic acid groups (broad SMARTS) is 1. The molecule has 1 aromatic heterocycles. The smallest absolute Gasteiger partial charge is 0.345 e. The fourth-order valence-corrected chi connectivity index (χ4v) is 4.68. The van der Waals surface area contributed by atoms with Gasteiger partial charge in [-0.2, -0.15) is 0 Å². The van der Waals surface area contributed by atoms with Crippen LogP contribution in [0.5, 0.6) is 0 Å². The van der Waals surface area contributed by atoms with Crippen LogP contribution in [-0.4, -0.2) is 16.2 Å². The topological polar surface area (TPSA) is 57.5 Å². The Bertz CT molecular complexity index is 714. The predicted octanol–water partition coefficient (Wildman–Crippen LogP) is 6.01. The molecule has 2 aromatic rings. The number of aliphatic hydroxyl groups is 1. The van der Waals surface area contributed by atoms with Crippen LogP contribution in [0.1, 0.15) is 76.7 Å². The van der Waals surface area contributed by atoms with E-state index >= 15 is 0 Å². The molecule has 27 heavy (non-hydrogen) atoms. The maximum absolute atomic E-state index is 10.4. The van der Waals surface area contributed by atoms with Gasteiger partial charge in [-0.1, -0.05) is 62.8 Å². The van der Waals surface area contributed by atoms with E-state index < -0.39 is 5.97 Å². The number of rotatable bonds is 7. The Morgan fingerprint density at radius 1 is 1.11 bits per heavy atom. The van der Waals surface area contributed by atoms with Gasteiger partial charge < -0.3 is 10.2 Å². The highest BCUT2D eigenvalue weighted by atomic mass is 32.1. The largest absolute Gasteiger partial charge is 0.477 e. The van der Waals surface area contributed by atoms with Crippen molar-refractivity contribution in [3.63, 3.8) is 0 Å². The van der Waals surface area contributed by atoms with Crippen LogP contribution in [0.2, 0.25) is 0 Å². The lowest BCUT2D eigenvalue weighted by Gasteiger charge is -2.10. The van der Waals surface area contributed by atoms with E-state index in [1.54, 1.807) is 6.07 Å². The summed E-state index contributed by atoms with van der Waals surface area (Å²) in [7, 11) is 0. The van der Waals surface area contributed by atoms with Crippen LogP contribution in [0.15, 0.2) is 30.3 Å². The molecule has 0 radical (unpaired) electrons. The molecule has 2 N–H and O–H groups in total. The Hall–Kier alpha value is -1.65. The lowest BCUT2D eigenvalue weighted by atomic mass is 9.96. The highest BCUT2D eigenvalue weighted by molar-refractivity contribution is 7.13. The van der Waals surface area contributed by atoms with Gasteiger partial charge in [-0.15, -0.1) is 11.3 Å². The summed E-state index contributed by atoms with van der Waals surface area (Å²) in [4.78, 5) is 12.0. The van der Waals surface area contributed by atoms with Crippen LogP contribution < -0.4 is 0 Å². The zero-order chi connectivity index (χ0) is 19.6. The standard InChI is InChI=1S/C15H22O.C8H10O2S/c1-12-8-14(10-15(9-12)11-16)7-6-13-4-2-3-5-13;1-2-3-6-4-5-7(11-6)8(9)10/h8-10,13,16H,2-7,11H2,1H3;4-5H,2-3H2,1H3,(H,9,10). The number of hydrogen-bond donors (Lipinski definition) is 2. The first-order chi connectivity index (χ1) is 13.0. The second-order valence-electron chi connectivity index (χ2n) is 7.50. The number of thiophene rings is 1. The van der Waals surface area contributed by atoms with Crippen LogP contribution in [0.4, 0.5) is 0 Å². The molecule has 1 saturated carbocycles. The minimum atomic E-state index is -0.822. The molecular weight excluding hydrogens is 356 g/mol. The molecular formula is C23H32O3S. The number of hydrogen-bond acceptors (Lipinski definition) is 3. The molecule has 3 nitrogen and oxygen atoms in total. The first-order valence-corrected chi connectivity index (χ1v) is 10.9. The minimum Gasteiger partial charge on any atom is -0.477 e. The van der Waals surface area contributed by atoms with Gasteiger partial charge in [-0.3, -0.25) is 0 Å². The number of aromatic carboxylic acids is 1.